The lowest BCUT2D eigenvalue weighted by Crippen LogP contribution is -1.72. The average molecular weight is 308 g/mol. The fourth-order valence-corrected chi connectivity index (χ4v) is 1.76. The van der Waals surface area contributed by atoms with Crippen molar-refractivity contribution in [3.8, 4) is 0 Å². The number of hydrogen-bond donors (Lipinski definition) is 0. The van der Waals surface area contributed by atoms with Crippen LogP contribution in [-0.2, 0) is 0 Å². The second-order valence-electron chi connectivity index (χ2n) is 2.21. The van der Waals surface area contributed by atoms with E-state index in [1.165, 1.54) is 10.5 Å². The molecule has 0 unspecified atom stereocenters. The summed E-state index contributed by atoms with van der Waals surface area (Å²) in [5, 5.41) is 0. The molecule has 1 aromatic carbocycles. The van der Waals surface area contributed by atoms with Gasteiger partial charge in [0.15, 0.2) is 0 Å². The molecule has 64 valence electrons. The number of halogens is 2. The van der Waals surface area contributed by atoms with Crippen LogP contribution in [0.4, 0.5) is 0 Å². The summed E-state index contributed by atoms with van der Waals surface area (Å²) in [6, 6.07) is 8.40. The first-order valence-corrected chi connectivity index (χ1v) is 6.20. The van der Waals surface area contributed by atoms with Crippen LogP contribution in [0.5, 0.6) is 0 Å². The molecule has 0 amide bonds. The van der Waals surface area contributed by atoms with Gasteiger partial charge in [0.1, 0.15) is 0 Å². The van der Waals surface area contributed by atoms with Gasteiger partial charge in [-0.05, 0) is 61.9 Å². The predicted molar refractivity (Wildman–Crippen MR) is 64.1 cm³/mol. The summed E-state index contributed by atoms with van der Waals surface area (Å²) in [6.07, 6.45) is 4.09. The Morgan fingerprint density at radius 3 is 2.25 bits per heavy atom. The van der Waals surface area contributed by atoms with Crippen molar-refractivity contribution in [2.75, 3.05) is 6.26 Å². The standard InChI is InChI=1S/C9H8Br2S/c1-12-8-4-2-7(3-5-8)6-9(10)11/h2-6H,1H3. The minimum Gasteiger partial charge on any atom is -0.130 e. The Bertz CT molecular complexity index is 273. The maximum absolute atomic E-state index is 3.32. The maximum atomic E-state index is 3.32. The number of benzene rings is 1. The van der Waals surface area contributed by atoms with Gasteiger partial charge in [0.25, 0.3) is 0 Å². The highest BCUT2D eigenvalue weighted by Gasteiger charge is 1.90. The number of hydrogen-bond acceptors (Lipinski definition) is 1. The predicted octanol–water partition coefficient (Wildman–Crippen LogP) is 4.50. The van der Waals surface area contributed by atoms with Crippen molar-refractivity contribution in [2.45, 2.75) is 4.90 Å². The molecule has 0 saturated carbocycles. The summed E-state index contributed by atoms with van der Waals surface area (Å²) >= 11 is 8.39. The molecule has 1 aromatic rings. The quantitative estimate of drug-likeness (QED) is 0.725. The summed E-state index contributed by atoms with van der Waals surface area (Å²) in [5.41, 5.74) is 1.19. The highest BCUT2D eigenvalue weighted by Crippen LogP contribution is 2.20. The summed E-state index contributed by atoms with van der Waals surface area (Å²) in [5.74, 6) is 0. The molecule has 0 aliphatic rings. The molecule has 0 nitrogen and oxygen atoms in total. The zero-order valence-corrected chi connectivity index (χ0v) is 10.5. The molecule has 0 aliphatic carbocycles. The van der Waals surface area contributed by atoms with Crippen molar-refractivity contribution in [3.63, 3.8) is 0 Å². The van der Waals surface area contributed by atoms with E-state index >= 15 is 0 Å². The van der Waals surface area contributed by atoms with Crippen LogP contribution < -0.4 is 0 Å². The number of rotatable bonds is 2. The van der Waals surface area contributed by atoms with Gasteiger partial charge in [0.2, 0.25) is 0 Å². The molecule has 0 saturated heterocycles. The van der Waals surface area contributed by atoms with E-state index in [2.05, 4.69) is 62.4 Å². The van der Waals surface area contributed by atoms with Crippen LogP contribution in [0.3, 0.4) is 0 Å². The lowest BCUT2D eigenvalue weighted by Gasteiger charge is -1.96. The first-order valence-electron chi connectivity index (χ1n) is 3.39. The van der Waals surface area contributed by atoms with E-state index in [9.17, 15) is 0 Å². The van der Waals surface area contributed by atoms with E-state index in [0.29, 0.717) is 0 Å². The molecule has 0 heterocycles. The van der Waals surface area contributed by atoms with Crippen LogP contribution in [0, 0.1) is 0 Å². The van der Waals surface area contributed by atoms with E-state index < -0.39 is 0 Å². The average Bonchev–Trinajstić information content (AvgIpc) is 2.05. The Labute approximate surface area is 93.7 Å². The van der Waals surface area contributed by atoms with Gasteiger partial charge in [0.05, 0.1) is 3.39 Å². The lowest BCUT2D eigenvalue weighted by molar-refractivity contribution is 1.45. The smallest absolute Gasteiger partial charge is 0.0610 e. The van der Waals surface area contributed by atoms with Crippen LogP contribution in [0.2, 0.25) is 0 Å². The van der Waals surface area contributed by atoms with Gasteiger partial charge >= 0.3 is 0 Å². The normalized spacial score (nSPS) is 9.58. The third kappa shape index (κ3) is 3.33. The van der Waals surface area contributed by atoms with E-state index in [1.807, 2.05) is 6.08 Å². The molecule has 0 bridgehead atoms. The fraction of sp³-hybridized carbons (Fsp3) is 0.111. The van der Waals surface area contributed by atoms with Crippen molar-refractivity contribution >= 4 is 49.7 Å². The molecule has 3 heteroatoms. The van der Waals surface area contributed by atoms with E-state index in [4.69, 9.17) is 0 Å². The number of thioether (sulfide) groups is 1. The Morgan fingerprint density at radius 2 is 1.83 bits per heavy atom. The van der Waals surface area contributed by atoms with Gasteiger partial charge in [-0.1, -0.05) is 12.1 Å². The molecule has 0 spiro atoms. The Hall–Kier alpha value is 0.270. The van der Waals surface area contributed by atoms with Gasteiger partial charge in [-0.15, -0.1) is 11.8 Å². The van der Waals surface area contributed by atoms with Crippen molar-refractivity contribution < 1.29 is 0 Å². The van der Waals surface area contributed by atoms with Gasteiger partial charge < -0.3 is 0 Å². The zero-order valence-electron chi connectivity index (χ0n) is 6.55. The molecular formula is C9H8Br2S. The second kappa shape index (κ2) is 5.10. The highest BCUT2D eigenvalue weighted by atomic mass is 79.9. The summed E-state index contributed by atoms with van der Waals surface area (Å²) in [6.45, 7) is 0. The summed E-state index contributed by atoms with van der Waals surface area (Å²) in [4.78, 5) is 1.29. The van der Waals surface area contributed by atoms with Crippen molar-refractivity contribution in [2.24, 2.45) is 0 Å². The van der Waals surface area contributed by atoms with Crippen LogP contribution in [0.25, 0.3) is 6.08 Å². The van der Waals surface area contributed by atoms with E-state index in [0.717, 1.165) is 3.39 Å². The van der Waals surface area contributed by atoms with Crippen LogP contribution in [-0.4, -0.2) is 6.26 Å². The first-order chi connectivity index (χ1) is 5.72. The lowest BCUT2D eigenvalue weighted by atomic mass is 10.2. The molecule has 1 rings (SSSR count). The summed E-state index contributed by atoms with van der Waals surface area (Å²) in [7, 11) is 0. The first kappa shape index (κ1) is 10.4. The molecule has 0 N–H and O–H groups in total. The third-order valence-corrected chi connectivity index (χ3v) is 2.59. The highest BCUT2D eigenvalue weighted by molar-refractivity contribution is 9.28. The largest absolute Gasteiger partial charge is 0.130 e. The Kier molecular flexibility index (Phi) is 4.40. The molecule has 0 aromatic heterocycles. The zero-order chi connectivity index (χ0) is 8.97. The SMILES string of the molecule is CSc1ccc(C=C(Br)Br)cc1. The van der Waals surface area contributed by atoms with E-state index in [1.54, 1.807) is 11.8 Å². The molecule has 0 atom stereocenters. The topological polar surface area (TPSA) is 0 Å². The monoisotopic (exact) mass is 306 g/mol. The van der Waals surface area contributed by atoms with Crippen molar-refractivity contribution in [3.05, 3.63) is 33.2 Å². The minimum absolute atomic E-state index is 0.965. The molecular weight excluding hydrogens is 300 g/mol. The van der Waals surface area contributed by atoms with Gasteiger partial charge in [-0.3, -0.25) is 0 Å². The van der Waals surface area contributed by atoms with Crippen LogP contribution in [0.15, 0.2) is 32.6 Å². The van der Waals surface area contributed by atoms with E-state index in [-0.39, 0.29) is 0 Å². The molecule has 0 fully saturated rings. The molecule has 12 heavy (non-hydrogen) atoms. The van der Waals surface area contributed by atoms with Crippen LogP contribution >= 0.6 is 43.6 Å². The van der Waals surface area contributed by atoms with Crippen molar-refractivity contribution in [1.29, 1.82) is 0 Å². The van der Waals surface area contributed by atoms with Gasteiger partial charge in [-0.25, -0.2) is 0 Å². The Balaban J connectivity index is 2.85. The van der Waals surface area contributed by atoms with Gasteiger partial charge in [0, 0.05) is 4.90 Å². The fourth-order valence-electron chi connectivity index (χ4n) is 0.826. The molecule has 0 aliphatic heterocycles. The second-order valence-corrected chi connectivity index (χ2v) is 5.86. The van der Waals surface area contributed by atoms with Gasteiger partial charge in [-0.2, -0.15) is 0 Å². The third-order valence-electron chi connectivity index (χ3n) is 1.39. The maximum Gasteiger partial charge on any atom is 0.0610 e. The Morgan fingerprint density at radius 1 is 1.25 bits per heavy atom. The minimum atomic E-state index is 0.965. The van der Waals surface area contributed by atoms with Crippen molar-refractivity contribution in [1.82, 2.24) is 0 Å². The summed E-state index contributed by atoms with van der Waals surface area (Å²) < 4.78 is 0.965. The van der Waals surface area contributed by atoms with Crippen LogP contribution in [0.1, 0.15) is 5.56 Å². The molecule has 0 radical (unpaired) electrons.